The van der Waals surface area contributed by atoms with E-state index in [4.69, 9.17) is 0 Å². The van der Waals surface area contributed by atoms with E-state index >= 15 is 0 Å². The molecule has 0 atom stereocenters. The van der Waals surface area contributed by atoms with Crippen LogP contribution in [-0.2, 0) is 0 Å². The van der Waals surface area contributed by atoms with E-state index in [1.807, 2.05) is 31.2 Å². The highest BCUT2D eigenvalue weighted by atomic mass is 127. The number of halogens is 1. The van der Waals surface area contributed by atoms with Crippen LogP contribution in [0.5, 0.6) is 0 Å². The topological polar surface area (TPSA) is 0 Å². The fourth-order valence-electron chi connectivity index (χ4n) is 0.757. The zero-order valence-electron chi connectivity index (χ0n) is 5.95. The molecule has 0 aliphatic rings. The van der Waals surface area contributed by atoms with Crippen molar-refractivity contribution < 1.29 is 0 Å². The average Bonchev–Trinajstić information content (AvgIpc) is 1.91. The second-order valence-corrected chi connectivity index (χ2v) is 1.91. The number of allylic oxidation sites excluding steroid dienone is 1. The maximum Gasteiger partial charge on any atom is -0.0260 e. The van der Waals surface area contributed by atoms with Crippen LogP contribution in [0, 0.1) is 0 Å². The van der Waals surface area contributed by atoms with E-state index < -0.39 is 0 Å². The Labute approximate surface area is 79.0 Å². The molecule has 0 heterocycles. The lowest BCUT2D eigenvalue weighted by Gasteiger charge is -1.86. The summed E-state index contributed by atoms with van der Waals surface area (Å²) in [6, 6.07) is 10.3. The third-order valence-electron chi connectivity index (χ3n) is 1.16. The van der Waals surface area contributed by atoms with Gasteiger partial charge in [-0.2, -0.15) is 0 Å². The molecule has 1 aromatic rings. The molecule has 0 nitrogen and oxygen atoms in total. The normalized spacial score (nSPS) is 9.30. The fraction of sp³-hybridized carbons (Fsp3) is 0.111. The SMILES string of the molecule is CC=Cc1ccccc1.I. The van der Waals surface area contributed by atoms with Crippen molar-refractivity contribution in [1.82, 2.24) is 0 Å². The molecule has 1 rings (SSSR count). The molecule has 10 heavy (non-hydrogen) atoms. The van der Waals surface area contributed by atoms with Gasteiger partial charge in [0, 0.05) is 0 Å². The lowest BCUT2D eigenvalue weighted by atomic mass is 10.2. The first-order chi connectivity index (χ1) is 4.43. The van der Waals surface area contributed by atoms with E-state index in [1.54, 1.807) is 0 Å². The number of rotatable bonds is 1. The first-order valence-electron chi connectivity index (χ1n) is 3.11. The molecule has 0 aliphatic heterocycles. The van der Waals surface area contributed by atoms with Crippen molar-refractivity contribution in [2.45, 2.75) is 6.92 Å². The maximum atomic E-state index is 2.08. The molecule has 1 aromatic carbocycles. The Balaban J connectivity index is 0.000000810. The highest BCUT2D eigenvalue weighted by Crippen LogP contribution is 1.99. The smallest absolute Gasteiger partial charge is 0.0260 e. The standard InChI is InChI=1S/C9H10.HI/c1-2-6-9-7-4-3-5-8-9;/h2-8H,1H3;1H. The molecule has 1 heteroatoms. The summed E-state index contributed by atoms with van der Waals surface area (Å²) in [5.74, 6) is 0. The molecule has 0 N–H and O–H groups in total. The van der Waals surface area contributed by atoms with Gasteiger partial charge in [0.25, 0.3) is 0 Å². The van der Waals surface area contributed by atoms with Crippen LogP contribution in [0.25, 0.3) is 6.08 Å². The highest BCUT2D eigenvalue weighted by Gasteiger charge is 1.77. The summed E-state index contributed by atoms with van der Waals surface area (Å²) in [5, 5.41) is 0. The monoisotopic (exact) mass is 246 g/mol. The summed E-state index contributed by atoms with van der Waals surface area (Å²) in [7, 11) is 0. The molecule has 0 unspecified atom stereocenters. The largest absolute Gasteiger partial charge is 0.107 e. The van der Waals surface area contributed by atoms with Gasteiger partial charge in [0.2, 0.25) is 0 Å². The minimum absolute atomic E-state index is 0. The van der Waals surface area contributed by atoms with Gasteiger partial charge in [-0.1, -0.05) is 42.5 Å². The summed E-state index contributed by atoms with van der Waals surface area (Å²) in [6.07, 6.45) is 4.12. The molecule has 0 fully saturated rings. The van der Waals surface area contributed by atoms with Gasteiger partial charge in [0.05, 0.1) is 0 Å². The lowest BCUT2D eigenvalue weighted by Crippen LogP contribution is -1.65. The second kappa shape index (κ2) is 5.47. The maximum absolute atomic E-state index is 2.08. The van der Waals surface area contributed by atoms with Gasteiger partial charge in [-0.05, 0) is 12.5 Å². The van der Waals surface area contributed by atoms with Crippen LogP contribution in [0.15, 0.2) is 36.4 Å². The Kier molecular flexibility index (Phi) is 5.30. The lowest BCUT2D eigenvalue weighted by molar-refractivity contribution is 1.64. The highest BCUT2D eigenvalue weighted by molar-refractivity contribution is 14.0. The van der Waals surface area contributed by atoms with Gasteiger partial charge in [0.1, 0.15) is 0 Å². The van der Waals surface area contributed by atoms with Crippen molar-refractivity contribution in [3.8, 4) is 0 Å². The molecule has 54 valence electrons. The van der Waals surface area contributed by atoms with Gasteiger partial charge in [-0.25, -0.2) is 0 Å². The fourth-order valence-corrected chi connectivity index (χ4v) is 0.757. The molecule has 0 bridgehead atoms. The van der Waals surface area contributed by atoms with E-state index in [2.05, 4.69) is 18.2 Å². The Morgan fingerprint density at radius 1 is 1.10 bits per heavy atom. The molecule has 0 aliphatic carbocycles. The minimum atomic E-state index is 0. The molecule has 0 amide bonds. The van der Waals surface area contributed by atoms with Gasteiger partial charge in [-0.3, -0.25) is 0 Å². The zero-order valence-corrected chi connectivity index (χ0v) is 8.28. The third kappa shape index (κ3) is 3.01. The third-order valence-corrected chi connectivity index (χ3v) is 1.16. The molecular weight excluding hydrogens is 235 g/mol. The van der Waals surface area contributed by atoms with Crippen molar-refractivity contribution in [2.24, 2.45) is 0 Å². The Hall–Kier alpha value is -0.310. The van der Waals surface area contributed by atoms with Crippen molar-refractivity contribution in [1.29, 1.82) is 0 Å². The molecule has 0 aromatic heterocycles. The van der Waals surface area contributed by atoms with Crippen LogP contribution in [0.2, 0.25) is 0 Å². The van der Waals surface area contributed by atoms with E-state index in [-0.39, 0.29) is 24.0 Å². The summed E-state index contributed by atoms with van der Waals surface area (Å²) in [5.41, 5.74) is 1.26. The zero-order chi connectivity index (χ0) is 6.53. The van der Waals surface area contributed by atoms with Crippen molar-refractivity contribution >= 4 is 30.1 Å². The van der Waals surface area contributed by atoms with E-state index in [9.17, 15) is 0 Å². The van der Waals surface area contributed by atoms with E-state index in [0.29, 0.717) is 0 Å². The Morgan fingerprint density at radius 3 is 2.20 bits per heavy atom. The predicted molar refractivity (Wildman–Crippen MR) is 56.6 cm³/mol. The Bertz CT molecular complexity index is 189. The van der Waals surface area contributed by atoms with Crippen molar-refractivity contribution in [3.63, 3.8) is 0 Å². The Morgan fingerprint density at radius 2 is 1.70 bits per heavy atom. The molecule has 0 saturated carbocycles. The predicted octanol–water partition coefficient (Wildman–Crippen LogP) is 3.34. The first-order valence-corrected chi connectivity index (χ1v) is 3.11. The van der Waals surface area contributed by atoms with E-state index in [0.717, 1.165) is 0 Å². The summed E-state index contributed by atoms with van der Waals surface area (Å²) in [4.78, 5) is 0. The number of hydrogen-bond donors (Lipinski definition) is 0. The number of benzene rings is 1. The van der Waals surface area contributed by atoms with Crippen LogP contribution in [0.3, 0.4) is 0 Å². The van der Waals surface area contributed by atoms with Crippen LogP contribution in [0.1, 0.15) is 12.5 Å². The van der Waals surface area contributed by atoms with Gasteiger partial charge in [0.15, 0.2) is 0 Å². The van der Waals surface area contributed by atoms with Gasteiger partial charge in [-0.15, -0.1) is 24.0 Å². The van der Waals surface area contributed by atoms with Gasteiger partial charge >= 0.3 is 0 Å². The van der Waals surface area contributed by atoms with Crippen LogP contribution in [0.4, 0.5) is 0 Å². The average molecular weight is 246 g/mol. The summed E-state index contributed by atoms with van der Waals surface area (Å²) >= 11 is 0. The van der Waals surface area contributed by atoms with Crippen molar-refractivity contribution in [3.05, 3.63) is 42.0 Å². The van der Waals surface area contributed by atoms with Gasteiger partial charge < -0.3 is 0 Å². The molecular formula is C9H11I. The summed E-state index contributed by atoms with van der Waals surface area (Å²) in [6.45, 7) is 2.02. The second-order valence-electron chi connectivity index (χ2n) is 1.91. The molecule has 0 saturated heterocycles. The first kappa shape index (κ1) is 9.69. The number of hydrogen-bond acceptors (Lipinski definition) is 0. The van der Waals surface area contributed by atoms with Crippen LogP contribution in [-0.4, -0.2) is 0 Å². The molecule has 0 spiro atoms. The quantitative estimate of drug-likeness (QED) is 0.666. The van der Waals surface area contributed by atoms with Crippen LogP contribution >= 0.6 is 24.0 Å². The van der Waals surface area contributed by atoms with Crippen molar-refractivity contribution in [2.75, 3.05) is 0 Å². The summed E-state index contributed by atoms with van der Waals surface area (Å²) < 4.78 is 0. The minimum Gasteiger partial charge on any atom is -0.107 e. The molecule has 0 radical (unpaired) electrons. The van der Waals surface area contributed by atoms with E-state index in [1.165, 1.54) is 5.56 Å². The van der Waals surface area contributed by atoms with Crippen LogP contribution < -0.4 is 0 Å².